The molecule has 33 heavy (non-hydrogen) atoms. The molecule has 0 N–H and O–H groups in total. The lowest BCUT2D eigenvalue weighted by Crippen LogP contribution is -2.45. The predicted molar refractivity (Wildman–Crippen MR) is 135 cm³/mol. The van der Waals surface area contributed by atoms with Gasteiger partial charge in [0.1, 0.15) is 0 Å². The molecule has 0 aliphatic carbocycles. The van der Waals surface area contributed by atoms with E-state index in [-0.39, 0.29) is 30.6 Å². The number of piperazine rings is 1. The summed E-state index contributed by atoms with van der Waals surface area (Å²) in [7, 11) is 0. The molecule has 7 heteroatoms. The molecule has 174 valence electrons. The van der Waals surface area contributed by atoms with Gasteiger partial charge in [-0.1, -0.05) is 42.5 Å². The summed E-state index contributed by atoms with van der Waals surface area (Å²) in [5, 5.41) is 8.80. The minimum atomic E-state index is -0.498. The summed E-state index contributed by atoms with van der Waals surface area (Å²) in [4.78, 5) is 4.93. The van der Waals surface area contributed by atoms with Crippen LogP contribution in [0.25, 0.3) is 0 Å². The summed E-state index contributed by atoms with van der Waals surface area (Å²) in [6, 6.07) is 25.4. The SMILES string of the molecule is Cl.Cl.N#Cc1ccc(OCCc2ccc(CN3CCN(c4ccccc4)CC3)cc2)c(F)c1. The highest BCUT2D eigenvalue weighted by Crippen LogP contribution is 2.19. The van der Waals surface area contributed by atoms with Gasteiger partial charge in [0.25, 0.3) is 0 Å². The molecule has 0 bridgehead atoms. The molecule has 0 atom stereocenters. The molecule has 1 heterocycles. The highest BCUT2D eigenvalue weighted by Gasteiger charge is 2.17. The molecule has 3 aromatic carbocycles. The van der Waals surface area contributed by atoms with Crippen LogP contribution < -0.4 is 9.64 Å². The molecule has 0 aromatic heterocycles. The quantitative estimate of drug-likeness (QED) is 0.441. The van der Waals surface area contributed by atoms with Gasteiger partial charge in [0.05, 0.1) is 18.2 Å². The number of ether oxygens (including phenoxy) is 1. The third kappa shape index (κ3) is 7.36. The van der Waals surface area contributed by atoms with Crippen LogP contribution >= 0.6 is 24.8 Å². The zero-order chi connectivity index (χ0) is 21.5. The first-order valence-corrected chi connectivity index (χ1v) is 10.6. The van der Waals surface area contributed by atoms with E-state index < -0.39 is 5.82 Å². The average molecular weight is 488 g/mol. The van der Waals surface area contributed by atoms with E-state index in [1.807, 2.05) is 6.07 Å². The number of anilines is 1. The second-order valence-electron chi connectivity index (χ2n) is 7.77. The Labute approximate surface area is 207 Å². The molecule has 1 aliphatic rings. The van der Waals surface area contributed by atoms with Gasteiger partial charge in [-0.15, -0.1) is 24.8 Å². The fraction of sp³-hybridized carbons (Fsp3) is 0.269. The first-order valence-electron chi connectivity index (χ1n) is 10.6. The van der Waals surface area contributed by atoms with E-state index in [4.69, 9.17) is 10.00 Å². The lowest BCUT2D eigenvalue weighted by molar-refractivity contribution is 0.250. The second-order valence-corrected chi connectivity index (χ2v) is 7.77. The normalized spacial score (nSPS) is 13.4. The van der Waals surface area contributed by atoms with E-state index in [0.717, 1.165) is 38.3 Å². The van der Waals surface area contributed by atoms with Crippen molar-refractivity contribution in [1.29, 1.82) is 5.26 Å². The monoisotopic (exact) mass is 487 g/mol. The van der Waals surface area contributed by atoms with E-state index in [1.54, 1.807) is 6.07 Å². The third-order valence-electron chi connectivity index (χ3n) is 5.63. The Hall–Kier alpha value is -2.78. The standard InChI is InChI=1S/C26H26FN3O.2ClH/c27-25-18-23(19-28)10-11-26(25)31-17-12-21-6-8-22(9-7-21)20-29-13-15-30(16-14-29)24-4-2-1-3-5-24;;/h1-11,18H,12-17,20H2;2*1H. The molecular formula is C26H28Cl2FN3O. The molecular weight excluding hydrogens is 460 g/mol. The molecule has 0 saturated carbocycles. The van der Waals surface area contributed by atoms with Crippen LogP contribution in [0.2, 0.25) is 0 Å². The second kappa shape index (κ2) is 13.1. The largest absolute Gasteiger partial charge is 0.490 e. The van der Waals surface area contributed by atoms with Crippen molar-refractivity contribution < 1.29 is 9.13 Å². The number of nitrogens with zero attached hydrogens (tertiary/aromatic N) is 3. The number of para-hydroxylation sites is 1. The minimum absolute atomic E-state index is 0. The van der Waals surface area contributed by atoms with Crippen molar-refractivity contribution in [3.05, 3.63) is 95.3 Å². The maximum absolute atomic E-state index is 13.9. The van der Waals surface area contributed by atoms with Crippen LogP contribution in [0.3, 0.4) is 0 Å². The van der Waals surface area contributed by atoms with Crippen LogP contribution in [0, 0.1) is 17.1 Å². The number of nitriles is 1. The van der Waals surface area contributed by atoms with Crippen molar-refractivity contribution >= 4 is 30.5 Å². The van der Waals surface area contributed by atoms with Gasteiger partial charge < -0.3 is 9.64 Å². The highest BCUT2D eigenvalue weighted by molar-refractivity contribution is 5.85. The summed E-state index contributed by atoms with van der Waals surface area (Å²) >= 11 is 0. The van der Waals surface area contributed by atoms with Crippen molar-refractivity contribution in [3.8, 4) is 11.8 Å². The fourth-order valence-electron chi connectivity index (χ4n) is 3.84. The molecule has 3 aromatic rings. The Kier molecular flexibility index (Phi) is 10.5. The van der Waals surface area contributed by atoms with E-state index in [9.17, 15) is 4.39 Å². The van der Waals surface area contributed by atoms with Crippen LogP contribution in [-0.4, -0.2) is 37.7 Å². The number of halogens is 3. The van der Waals surface area contributed by atoms with Crippen LogP contribution in [0.5, 0.6) is 5.75 Å². The van der Waals surface area contributed by atoms with E-state index in [2.05, 4.69) is 64.4 Å². The van der Waals surface area contributed by atoms with E-state index >= 15 is 0 Å². The molecule has 1 saturated heterocycles. The van der Waals surface area contributed by atoms with Gasteiger partial charge in [-0.25, -0.2) is 4.39 Å². The van der Waals surface area contributed by atoms with E-state index in [1.165, 1.54) is 23.4 Å². The van der Waals surface area contributed by atoms with Crippen molar-refractivity contribution in [3.63, 3.8) is 0 Å². The summed E-state index contributed by atoms with van der Waals surface area (Å²) in [5.41, 5.74) is 4.05. The van der Waals surface area contributed by atoms with Crippen LogP contribution in [0.4, 0.5) is 10.1 Å². The maximum Gasteiger partial charge on any atom is 0.166 e. The van der Waals surface area contributed by atoms with E-state index in [0.29, 0.717) is 18.6 Å². The lowest BCUT2D eigenvalue weighted by atomic mass is 10.1. The van der Waals surface area contributed by atoms with Crippen LogP contribution in [0.15, 0.2) is 72.8 Å². The minimum Gasteiger partial charge on any atom is -0.490 e. The summed E-state index contributed by atoms with van der Waals surface area (Å²) in [5.74, 6) is -0.313. The topological polar surface area (TPSA) is 39.5 Å². The number of rotatable bonds is 7. The van der Waals surface area contributed by atoms with Crippen molar-refractivity contribution in [1.82, 2.24) is 4.90 Å². The number of hydrogen-bond donors (Lipinski definition) is 0. The Morgan fingerprint density at radius 2 is 1.52 bits per heavy atom. The number of benzene rings is 3. The van der Waals surface area contributed by atoms with Crippen molar-refractivity contribution in [2.45, 2.75) is 13.0 Å². The van der Waals surface area contributed by atoms with Crippen molar-refractivity contribution in [2.75, 3.05) is 37.7 Å². The zero-order valence-electron chi connectivity index (χ0n) is 18.3. The molecule has 1 fully saturated rings. The summed E-state index contributed by atoms with van der Waals surface area (Å²) in [6.07, 6.45) is 0.704. The van der Waals surface area contributed by atoms with Crippen LogP contribution in [-0.2, 0) is 13.0 Å². The molecule has 0 unspecified atom stereocenters. The first kappa shape index (κ1) is 26.5. The number of hydrogen-bond acceptors (Lipinski definition) is 4. The Balaban J connectivity index is 0.00000193. The van der Waals surface area contributed by atoms with Gasteiger partial charge >= 0.3 is 0 Å². The average Bonchev–Trinajstić information content (AvgIpc) is 2.82. The third-order valence-corrected chi connectivity index (χ3v) is 5.63. The van der Waals surface area contributed by atoms with Gasteiger partial charge in [-0.2, -0.15) is 5.26 Å². The van der Waals surface area contributed by atoms with Gasteiger partial charge in [0.2, 0.25) is 0 Å². The van der Waals surface area contributed by atoms with Gasteiger partial charge in [0, 0.05) is 44.8 Å². The summed E-state index contributed by atoms with van der Waals surface area (Å²) in [6.45, 7) is 5.55. The molecule has 4 nitrogen and oxygen atoms in total. The first-order chi connectivity index (χ1) is 15.2. The molecule has 0 amide bonds. The van der Waals surface area contributed by atoms with Gasteiger partial charge in [0.15, 0.2) is 11.6 Å². The van der Waals surface area contributed by atoms with Crippen LogP contribution in [0.1, 0.15) is 16.7 Å². The van der Waals surface area contributed by atoms with Crippen molar-refractivity contribution in [2.24, 2.45) is 0 Å². The molecule has 4 rings (SSSR count). The molecule has 1 aliphatic heterocycles. The van der Waals surface area contributed by atoms with Gasteiger partial charge in [-0.05, 0) is 41.5 Å². The maximum atomic E-state index is 13.9. The zero-order valence-corrected chi connectivity index (χ0v) is 20.0. The lowest BCUT2D eigenvalue weighted by Gasteiger charge is -2.36. The Bertz CT molecular complexity index is 1030. The van der Waals surface area contributed by atoms with Gasteiger partial charge in [-0.3, -0.25) is 4.90 Å². The summed E-state index contributed by atoms with van der Waals surface area (Å²) < 4.78 is 19.4. The Morgan fingerprint density at radius 3 is 2.15 bits per heavy atom. The smallest absolute Gasteiger partial charge is 0.166 e. The molecule has 0 spiro atoms. The molecule has 0 radical (unpaired) electrons. The highest BCUT2D eigenvalue weighted by atomic mass is 35.5. The fourth-order valence-corrected chi connectivity index (χ4v) is 3.84. The Morgan fingerprint density at radius 1 is 0.848 bits per heavy atom. The predicted octanol–water partition coefficient (Wildman–Crippen LogP) is 5.48.